The minimum atomic E-state index is 0.510. The van der Waals surface area contributed by atoms with E-state index in [1.807, 2.05) is 18.2 Å². The van der Waals surface area contributed by atoms with Crippen molar-refractivity contribution >= 4 is 28.2 Å². The Morgan fingerprint density at radius 2 is 2.08 bits per heavy atom. The number of nitrogens with two attached hydrogens (primary N) is 1. The average Bonchev–Trinajstić information content (AvgIpc) is 2.66. The van der Waals surface area contributed by atoms with Crippen molar-refractivity contribution in [3.05, 3.63) is 23.8 Å². The molecule has 0 radical (unpaired) electrons. The predicted octanol–water partition coefficient (Wildman–Crippen LogP) is 3.77. The maximum atomic E-state index is 6.28. The average molecular weight is 356 g/mol. The molecular weight excluding hydrogens is 328 g/mol. The number of anilines is 2. The Hall–Kier alpha value is -2.34. The Bertz CT molecular complexity index is 804. The molecule has 2 aromatic rings. The lowest BCUT2D eigenvalue weighted by molar-refractivity contribution is 0.171. The maximum Gasteiger partial charge on any atom is 0.131 e. The number of pyridine rings is 1. The van der Waals surface area contributed by atoms with Gasteiger partial charge in [-0.2, -0.15) is 0 Å². The second kappa shape index (κ2) is 8.36. The molecule has 0 fully saturated rings. The first-order valence-corrected chi connectivity index (χ1v) is 9.34. The fraction of sp³-hybridized carbons (Fsp3) is 0.500. The highest BCUT2D eigenvalue weighted by molar-refractivity contribution is 6.10. The molecule has 3 rings (SSSR count). The van der Waals surface area contributed by atoms with E-state index >= 15 is 0 Å². The summed E-state index contributed by atoms with van der Waals surface area (Å²) in [7, 11) is 1.69. The van der Waals surface area contributed by atoms with Crippen molar-refractivity contribution in [3.63, 3.8) is 0 Å². The summed E-state index contributed by atoms with van der Waals surface area (Å²) in [6.45, 7) is 6.93. The lowest BCUT2D eigenvalue weighted by Crippen LogP contribution is -2.38. The Morgan fingerprint density at radius 1 is 1.23 bits per heavy atom. The van der Waals surface area contributed by atoms with Gasteiger partial charge in [0.25, 0.3) is 0 Å². The third-order valence-corrected chi connectivity index (χ3v) is 4.61. The number of unbranched alkanes of at least 4 members (excludes halogenated alkanes) is 1. The first-order chi connectivity index (χ1) is 12.7. The van der Waals surface area contributed by atoms with Gasteiger partial charge in [-0.25, -0.2) is 4.98 Å². The van der Waals surface area contributed by atoms with Crippen LogP contribution in [0.3, 0.4) is 0 Å². The molecule has 26 heavy (non-hydrogen) atoms. The van der Waals surface area contributed by atoms with Gasteiger partial charge in [0.1, 0.15) is 24.0 Å². The molecule has 6 heteroatoms. The summed E-state index contributed by atoms with van der Waals surface area (Å²) in [5, 5.41) is 0.998. The quantitative estimate of drug-likeness (QED) is 0.729. The van der Waals surface area contributed by atoms with Gasteiger partial charge >= 0.3 is 0 Å². The van der Waals surface area contributed by atoms with Crippen LogP contribution >= 0.6 is 0 Å². The second-order valence-electron chi connectivity index (χ2n) is 6.47. The van der Waals surface area contributed by atoms with Crippen molar-refractivity contribution in [2.75, 3.05) is 37.5 Å². The van der Waals surface area contributed by atoms with E-state index in [0.29, 0.717) is 19.0 Å². The zero-order chi connectivity index (χ0) is 18.5. The highest BCUT2D eigenvalue weighted by atomic mass is 16.5. The van der Waals surface area contributed by atoms with E-state index in [-0.39, 0.29) is 0 Å². The summed E-state index contributed by atoms with van der Waals surface area (Å²) in [5.41, 5.74) is 9.17. The third-order valence-electron chi connectivity index (χ3n) is 4.61. The molecule has 0 unspecified atom stereocenters. The van der Waals surface area contributed by atoms with Crippen molar-refractivity contribution in [2.45, 2.75) is 39.7 Å². The number of methoxy groups -OCH3 is 1. The van der Waals surface area contributed by atoms with Crippen molar-refractivity contribution in [1.29, 1.82) is 0 Å². The van der Waals surface area contributed by atoms with Crippen molar-refractivity contribution in [3.8, 4) is 5.75 Å². The van der Waals surface area contributed by atoms with Gasteiger partial charge in [0.05, 0.1) is 30.2 Å². The molecule has 6 nitrogen and oxygen atoms in total. The summed E-state index contributed by atoms with van der Waals surface area (Å²) >= 11 is 0. The number of aliphatic imine (C=N–C) groups is 1. The van der Waals surface area contributed by atoms with Crippen LogP contribution in [0.5, 0.6) is 5.75 Å². The fourth-order valence-electron chi connectivity index (χ4n) is 3.32. The number of nitrogen functional groups attached to an aromatic ring is 1. The summed E-state index contributed by atoms with van der Waals surface area (Å²) in [6.07, 6.45) is 3.15. The number of ether oxygens (including phenoxy) is 2. The van der Waals surface area contributed by atoms with Gasteiger partial charge < -0.3 is 20.1 Å². The molecule has 0 aliphatic carbocycles. The standard InChI is InChI=1S/C20H28N4O2/c1-4-6-10-24-17(13-26-11-5-2)22-12-14-19(24)18-15(23-20(14)21)8-7-9-16(18)25-3/h7-9H,4-6,10-13H2,1-3H3,(H2,21,23). The second-order valence-corrected chi connectivity index (χ2v) is 6.47. The van der Waals surface area contributed by atoms with Crippen LogP contribution in [0, 0.1) is 0 Å². The molecule has 0 saturated heterocycles. The summed E-state index contributed by atoms with van der Waals surface area (Å²) in [5.74, 6) is 2.31. The van der Waals surface area contributed by atoms with Crippen LogP contribution in [0.1, 0.15) is 38.7 Å². The van der Waals surface area contributed by atoms with Crippen molar-refractivity contribution < 1.29 is 9.47 Å². The van der Waals surface area contributed by atoms with E-state index in [9.17, 15) is 0 Å². The lowest BCUT2D eigenvalue weighted by Gasteiger charge is -2.33. The Kier molecular flexibility index (Phi) is 5.93. The van der Waals surface area contributed by atoms with Crippen LogP contribution < -0.4 is 15.4 Å². The molecule has 2 N–H and O–H groups in total. The summed E-state index contributed by atoms with van der Waals surface area (Å²) in [4.78, 5) is 11.6. The Balaban J connectivity index is 2.13. The monoisotopic (exact) mass is 356 g/mol. The van der Waals surface area contributed by atoms with Crippen LogP contribution in [0.15, 0.2) is 23.2 Å². The fourth-order valence-corrected chi connectivity index (χ4v) is 3.32. The topological polar surface area (TPSA) is 73.0 Å². The molecule has 1 aliphatic heterocycles. The van der Waals surface area contributed by atoms with Gasteiger partial charge in [-0.15, -0.1) is 0 Å². The molecule has 1 aromatic heterocycles. The minimum Gasteiger partial charge on any atom is -0.496 e. The molecule has 1 aliphatic rings. The molecule has 0 bridgehead atoms. The number of hydrogen-bond donors (Lipinski definition) is 1. The lowest BCUT2D eigenvalue weighted by atomic mass is 10.0. The van der Waals surface area contributed by atoms with Crippen LogP contribution in [0.4, 0.5) is 11.5 Å². The van der Waals surface area contributed by atoms with Gasteiger partial charge in [0.15, 0.2) is 0 Å². The smallest absolute Gasteiger partial charge is 0.131 e. The highest BCUT2D eigenvalue weighted by Crippen LogP contribution is 2.41. The number of fused-ring (bicyclic) bond motifs is 3. The molecule has 0 amide bonds. The van der Waals surface area contributed by atoms with Crippen LogP contribution in [-0.4, -0.2) is 37.7 Å². The number of rotatable bonds is 8. The van der Waals surface area contributed by atoms with Crippen LogP contribution in [0.2, 0.25) is 0 Å². The van der Waals surface area contributed by atoms with Gasteiger partial charge in [0, 0.05) is 18.7 Å². The van der Waals surface area contributed by atoms with E-state index in [2.05, 4.69) is 23.7 Å². The molecule has 2 heterocycles. The molecule has 0 spiro atoms. The Morgan fingerprint density at radius 3 is 2.81 bits per heavy atom. The van der Waals surface area contributed by atoms with E-state index in [1.54, 1.807) is 7.11 Å². The van der Waals surface area contributed by atoms with Crippen LogP contribution in [0.25, 0.3) is 10.9 Å². The maximum absolute atomic E-state index is 6.28. The normalized spacial score (nSPS) is 13.7. The molecule has 1 aromatic carbocycles. The number of hydrogen-bond acceptors (Lipinski definition) is 6. The highest BCUT2D eigenvalue weighted by Gasteiger charge is 2.27. The largest absolute Gasteiger partial charge is 0.496 e. The Labute approximate surface area is 155 Å². The molecule has 0 saturated carbocycles. The molecular formula is C20H28N4O2. The summed E-state index contributed by atoms with van der Waals surface area (Å²) in [6, 6.07) is 5.89. The first-order valence-electron chi connectivity index (χ1n) is 9.34. The van der Waals surface area contributed by atoms with Gasteiger partial charge in [-0.1, -0.05) is 26.3 Å². The van der Waals surface area contributed by atoms with Crippen molar-refractivity contribution in [1.82, 2.24) is 4.98 Å². The summed E-state index contributed by atoms with van der Waals surface area (Å²) < 4.78 is 11.4. The number of aromatic nitrogens is 1. The van der Waals surface area contributed by atoms with E-state index in [0.717, 1.165) is 66.2 Å². The van der Waals surface area contributed by atoms with E-state index in [4.69, 9.17) is 20.2 Å². The number of nitrogens with zero attached hydrogens (tertiary/aromatic N) is 3. The van der Waals surface area contributed by atoms with Gasteiger partial charge in [-0.3, -0.25) is 4.99 Å². The zero-order valence-electron chi connectivity index (χ0n) is 15.9. The van der Waals surface area contributed by atoms with Gasteiger partial charge in [0.2, 0.25) is 0 Å². The first kappa shape index (κ1) is 18.5. The van der Waals surface area contributed by atoms with Gasteiger partial charge in [-0.05, 0) is 25.0 Å². The molecule has 0 atom stereocenters. The molecule has 140 valence electrons. The third kappa shape index (κ3) is 3.46. The zero-order valence-corrected chi connectivity index (χ0v) is 15.9. The van der Waals surface area contributed by atoms with E-state index < -0.39 is 0 Å². The van der Waals surface area contributed by atoms with Crippen molar-refractivity contribution in [2.24, 2.45) is 4.99 Å². The van der Waals surface area contributed by atoms with E-state index in [1.165, 1.54) is 0 Å². The SMILES string of the molecule is CCCCN1C(COCCC)=NCc2c(N)nc3cccc(OC)c3c21. The predicted molar refractivity (Wildman–Crippen MR) is 107 cm³/mol. The minimum absolute atomic E-state index is 0.510. The number of amidine groups is 1. The number of benzene rings is 1. The van der Waals surface area contributed by atoms with Crippen LogP contribution in [-0.2, 0) is 11.3 Å².